The molecule has 0 amide bonds. The van der Waals surface area contributed by atoms with Gasteiger partial charge in [0.2, 0.25) is 0 Å². The average molecular weight is 196 g/mol. The molecule has 0 unspecified atom stereocenters. The predicted molar refractivity (Wildman–Crippen MR) is 46.7 cm³/mol. The van der Waals surface area contributed by atoms with E-state index in [1.807, 2.05) is 6.08 Å². The zero-order valence-electron chi connectivity index (χ0n) is 7.77. The van der Waals surface area contributed by atoms with Gasteiger partial charge in [-0.1, -0.05) is 0 Å². The molecule has 76 valence electrons. The van der Waals surface area contributed by atoms with Crippen LogP contribution in [0, 0.1) is 0 Å². The first-order chi connectivity index (χ1) is 6.78. The molecule has 3 atom stereocenters. The molecule has 1 spiro atoms. The second kappa shape index (κ2) is 2.89. The van der Waals surface area contributed by atoms with Gasteiger partial charge in [0.15, 0.2) is 12.1 Å². The van der Waals surface area contributed by atoms with Crippen molar-refractivity contribution >= 4 is 5.78 Å². The van der Waals surface area contributed by atoms with Gasteiger partial charge in [-0.05, 0) is 12.2 Å². The summed E-state index contributed by atoms with van der Waals surface area (Å²) in [6.45, 7) is 1.15. The van der Waals surface area contributed by atoms with Crippen LogP contribution >= 0.6 is 0 Å². The van der Waals surface area contributed by atoms with E-state index >= 15 is 0 Å². The van der Waals surface area contributed by atoms with Crippen LogP contribution in [0.15, 0.2) is 12.2 Å². The quantitative estimate of drug-likeness (QED) is 0.563. The average Bonchev–Trinajstić information content (AvgIpc) is 2.36. The molecule has 0 aromatic rings. The molecule has 2 heterocycles. The molecule has 4 heteroatoms. The van der Waals surface area contributed by atoms with Crippen LogP contribution < -0.4 is 0 Å². The molecule has 2 aliphatic heterocycles. The lowest BCUT2D eigenvalue weighted by Gasteiger charge is -2.30. The molecular formula is C10H12O4. The molecule has 3 aliphatic rings. The lowest BCUT2D eigenvalue weighted by Crippen LogP contribution is -2.42. The van der Waals surface area contributed by atoms with Crippen molar-refractivity contribution in [3.8, 4) is 0 Å². The highest BCUT2D eigenvalue weighted by atomic mass is 16.8. The minimum Gasteiger partial charge on any atom is -0.376 e. The zero-order valence-corrected chi connectivity index (χ0v) is 7.77. The number of ketones is 1. The number of fused-ring (bicyclic) bond motifs is 1. The van der Waals surface area contributed by atoms with Crippen molar-refractivity contribution in [2.75, 3.05) is 13.2 Å². The van der Waals surface area contributed by atoms with Gasteiger partial charge in [-0.25, -0.2) is 0 Å². The molecule has 0 radical (unpaired) electrons. The third-order valence-corrected chi connectivity index (χ3v) is 3.04. The minimum absolute atomic E-state index is 0.103. The van der Waals surface area contributed by atoms with Crippen molar-refractivity contribution in [1.82, 2.24) is 0 Å². The van der Waals surface area contributed by atoms with Crippen molar-refractivity contribution in [1.29, 1.82) is 0 Å². The third kappa shape index (κ3) is 1.15. The Morgan fingerprint density at radius 2 is 2.43 bits per heavy atom. The SMILES string of the molecule is O=C1C=C[C@]23CCOC[C@H](O[C@H]2C1)O3. The number of rotatable bonds is 0. The van der Waals surface area contributed by atoms with E-state index in [2.05, 4.69) is 0 Å². The van der Waals surface area contributed by atoms with Crippen LogP contribution in [0.3, 0.4) is 0 Å². The van der Waals surface area contributed by atoms with Gasteiger partial charge in [-0.2, -0.15) is 0 Å². The van der Waals surface area contributed by atoms with Gasteiger partial charge in [-0.3, -0.25) is 4.79 Å². The Kier molecular flexibility index (Phi) is 1.77. The summed E-state index contributed by atoms with van der Waals surface area (Å²) in [5, 5.41) is 0. The van der Waals surface area contributed by atoms with Gasteiger partial charge in [0.05, 0.1) is 6.61 Å². The number of carbonyl (C=O) groups is 1. The second-order valence-corrected chi connectivity index (χ2v) is 3.96. The molecule has 4 nitrogen and oxygen atoms in total. The molecule has 0 N–H and O–H groups in total. The molecule has 2 saturated heterocycles. The summed E-state index contributed by atoms with van der Waals surface area (Å²) in [6.07, 6.45) is 4.27. The highest BCUT2D eigenvalue weighted by molar-refractivity contribution is 5.91. The molecule has 14 heavy (non-hydrogen) atoms. The van der Waals surface area contributed by atoms with Gasteiger partial charge in [0.1, 0.15) is 11.7 Å². The molecule has 2 fully saturated rings. The van der Waals surface area contributed by atoms with Crippen LogP contribution in [0.5, 0.6) is 0 Å². The van der Waals surface area contributed by atoms with E-state index in [9.17, 15) is 4.79 Å². The number of carbonyl (C=O) groups excluding carboxylic acids is 1. The van der Waals surface area contributed by atoms with E-state index in [1.54, 1.807) is 6.08 Å². The molecule has 1 aliphatic carbocycles. The van der Waals surface area contributed by atoms with Crippen molar-refractivity contribution in [2.24, 2.45) is 0 Å². The first-order valence-electron chi connectivity index (χ1n) is 4.92. The van der Waals surface area contributed by atoms with E-state index in [0.29, 0.717) is 19.6 Å². The van der Waals surface area contributed by atoms with Gasteiger partial charge in [0.25, 0.3) is 0 Å². The maximum Gasteiger partial charge on any atom is 0.182 e. The van der Waals surface area contributed by atoms with E-state index in [0.717, 1.165) is 6.42 Å². The zero-order chi connectivity index (χ0) is 9.60. The highest BCUT2D eigenvalue weighted by Crippen LogP contribution is 2.40. The standard InChI is InChI=1S/C10H12O4/c11-7-1-2-10-3-4-12-6-9(14-10)13-8(10)5-7/h1-2,8-9H,3-6H2/t8-,9+,10-/m0/s1. The first-order valence-corrected chi connectivity index (χ1v) is 4.92. The second-order valence-electron chi connectivity index (χ2n) is 3.96. The van der Waals surface area contributed by atoms with Crippen LogP contribution in [0.1, 0.15) is 12.8 Å². The van der Waals surface area contributed by atoms with Crippen LogP contribution in [0.2, 0.25) is 0 Å². The minimum atomic E-state index is -0.394. The van der Waals surface area contributed by atoms with Crippen molar-refractivity contribution in [2.45, 2.75) is 30.8 Å². The van der Waals surface area contributed by atoms with Crippen LogP contribution in [0.4, 0.5) is 0 Å². The maximum atomic E-state index is 11.2. The largest absolute Gasteiger partial charge is 0.376 e. The summed E-state index contributed by atoms with van der Waals surface area (Å²) in [5.41, 5.74) is -0.394. The fraction of sp³-hybridized carbons (Fsp3) is 0.700. The van der Waals surface area contributed by atoms with Crippen molar-refractivity contribution in [3.05, 3.63) is 12.2 Å². The fourth-order valence-corrected chi connectivity index (χ4v) is 2.29. The molecule has 0 saturated carbocycles. The van der Waals surface area contributed by atoms with Gasteiger partial charge < -0.3 is 14.2 Å². The Labute approximate surface area is 81.8 Å². The van der Waals surface area contributed by atoms with Crippen LogP contribution in [-0.4, -0.2) is 37.0 Å². The lowest BCUT2D eigenvalue weighted by molar-refractivity contribution is -0.120. The van der Waals surface area contributed by atoms with E-state index < -0.39 is 5.60 Å². The number of ether oxygens (including phenoxy) is 3. The van der Waals surface area contributed by atoms with Gasteiger partial charge >= 0.3 is 0 Å². The Bertz CT molecular complexity index is 298. The van der Waals surface area contributed by atoms with Crippen molar-refractivity contribution < 1.29 is 19.0 Å². The van der Waals surface area contributed by atoms with E-state index in [4.69, 9.17) is 14.2 Å². The topological polar surface area (TPSA) is 44.8 Å². The van der Waals surface area contributed by atoms with E-state index in [-0.39, 0.29) is 18.2 Å². The van der Waals surface area contributed by atoms with Crippen LogP contribution in [0.25, 0.3) is 0 Å². The Morgan fingerprint density at radius 3 is 3.36 bits per heavy atom. The summed E-state index contributed by atoms with van der Waals surface area (Å²) in [7, 11) is 0. The fourth-order valence-electron chi connectivity index (χ4n) is 2.29. The summed E-state index contributed by atoms with van der Waals surface area (Å²) < 4.78 is 16.7. The predicted octanol–water partition coefficient (Wildman–Crippen LogP) is 0.416. The van der Waals surface area contributed by atoms with Gasteiger partial charge in [-0.15, -0.1) is 0 Å². The highest BCUT2D eigenvalue weighted by Gasteiger charge is 2.51. The summed E-state index contributed by atoms with van der Waals surface area (Å²) >= 11 is 0. The third-order valence-electron chi connectivity index (χ3n) is 3.04. The molecule has 0 aromatic heterocycles. The Hall–Kier alpha value is -0.710. The molecular weight excluding hydrogens is 184 g/mol. The Morgan fingerprint density at radius 1 is 1.50 bits per heavy atom. The van der Waals surface area contributed by atoms with E-state index in [1.165, 1.54) is 0 Å². The smallest absolute Gasteiger partial charge is 0.182 e. The first kappa shape index (κ1) is 8.59. The molecule has 0 aromatic carbocycles. The number of allylic oxidation sites excluding steroid dienone is 1. The summed E-state index contributed by atoms with van der Waals surface area (Å²) in [4.78, 5) is 11.2. The maximum absolute atomic E-state index is 11.2. The van der Waals surface area contributed by atoms with Crippen molar-refractivity contribution in [3.63, 3.8) is 0 Å². The normalized spacial score (nSPS) is 46.1. The lowest BCUT2D eigenvalue weighted by atomic mass is 9.85. The number of hydrogen-bond acceptors (Lipinski definition) is 4. The van der Waals surface area contributed by atoms with Gasteiger partial charge in [0, 0.05) is 19.4 Å². The van der Waals surface area contributed by atoms with Crippen LogP contribution in [-0.2, 0) is 19.0 Å². The molecule has 3 rings (SSSR count). The summed E-state index contributed by atoms with van der Waals surface area (Å²) in [6, 6.07) is 0. The monoisotopic (exact) mass is 196 g/mol. The summed E-state index contributed by atoms with van der Waals surface area (Å²) in [5.74, 6) is 0.122. The molecule has 2 bridgehead atoms. The Balaban J connectivity index is 1.95. The number of hydrogen-bond donors (Lipinski definition) is 0.